The van der Waals surface area contributed by atoms with E-state index in [1.165, 1.54) is 22.5 Å². The third kappa shape index (κ3) is 3.71. The molecule has 1 aromatic heterocycles. The molecule has 3 aromatic carbocycles. The summed E-state index contributed by atoms with van der Waals surface area (Å²) in [5, 5.41) is 11.7. The maximum Gasteiger partial charge on any atom is 0.347 e. The molecule has 0 saturated heterocycles. The van der Waals surface area contributed by atoms with Crippen molar-refractivity contribution in [1.29, 1.82) is 0 Å². The van der Waals surface area contributed by atoms with E-state index in [-0.39, 0.29) is 36.0 Å². The summed E-state index contributed by atoms with van der Waals surface area (Å²) in [6.45, 7) is 2.23. The van der Waals surface area contributed by atoms with E-state index in [1.54, 1.807) is 30.3 Å². The molecule has 1 N–H and O–H groups in total. The number of aromatic nitrogens is 3. The molecule has 2 heterocycles. The number of ketones is 2. The van der Waals surface area contributed by atoms with Crippen LogP contribution in [0.15, 0.2) is 106 Å². The summed E-state index contributed by atoms with van der Waals surface area (Å²) in [5.74, 6) is -2.14. The highest BCUT2D eigenvalue weighted by atomic mass is 16.5. The maximum absolute atomic E-state index is 14.9. The topological polar surface area (TPSA) is 113 Å². The normalized spacial score (nSPS) is 24.1. The highest BCUT2D eigenvalue weighted by molar-refractivity contribution is 6.31. The number of carbonyl (C=O) groups excluding carboxylic acids is 2. The molecule has 4 atom stereocenters. The van der Waals surface area contributed by atoms with Crippen LogP contribution in [-0.2, 0) is 28.6 Å². The lowest BCUT2D eigenvalue weighted by molar-refractivity contribution is -0.133. The molecule has 0 spiro atoms. The second kappa shape index (κ2) is 10.2. The van der Waals surface area contributed by atoms with Crippen molar-refractivity contribution in [3.05, 3.63) is 134 Å². The minimum absolute atomic E-state index is 0.103. The first kappa shape index (κ1) is 27.6. The monoisotopic (exact) mass is 589 g/mol. The van der Waals surface area contributed by atoms with Crippen molar-refractivity contribution >= 4 is 17.1 Å². The SMILES string of the molecule is CCOc1cccc(C2C3=CCn4c(=O)n(C)c(=O)n4C3CC3C(=O)C(c4ccccc4)=CC(=O)C32c2ccccc2)c1O. The van der Waals surface area contributed by atoms with Crippen LogP contribution in [0, 0.1) is 5.92 Å². The number of Topliss-reactive ketones (excluding diaryl/α,β-unsaturated/α-hetero) is 1. The number of nitrogens with zero attached hydrogens (tertiary/aromatic N) is 3. The smallest absolute Gasteiger partial charge is 0.347 e. The van der Waals surface area contributed by atoms with Gasteiger partial charge in [-0.3, -0.25) is 9.59 Å². The predicted molar refractivity (Wildman–Crippen MR) is 164 cm³/mol. The van der Waals surface area contributed by atoms with Gasteiger partial charge in [-0.2, -0.15) is 0 Å². The number of aromatic hydroxyl groups is 1. The Morgan fingerprint density at radius 3 is 2.32 bits per heavy atom. The van der Waals surface area contributed by atoms with E-state index in [9.17, 15) is 24.3 Å². The fourth-order valence-corrected chi connectivity index (χ4v) is 7.63. The van der Waals surface area contributed by atoms with E-state index in [1.807, 2.05) is 61.5 Å². The van der Waals surface area contributed by atoms with Crippen LogP contribution in [0.4, 0.5) is 0 Å². The minimum atomic E-state index is -1.44. The third-order valence-corrected chi connectivity index (χ3v) is 9.47. The van der Waals surface area contributed by atoms with E-state index in [2.05, 4.69) is 0 Å². The van der Waals surface area contributed by atoms with Crippen LogP contribution in [0.5, 0.6) is 11.5 Å². The Hall–Kier alpha value is -5.18. The number of benzene rings is 3. The lowest BCUT2D eigenvalue weighted by atomic mass is 9.47. The van der Waals surface area contributed by atoms with E-state index in [4.69, 9.17) is 4.74 Å². The summed E-state index contributed by atoms with van der Waals surface area (Å²) in [7, 11) is 1.43. The van der Waals surface area contributed by atoms with Gasteiger partial charge in [-0.05, 0) is 42.2 Å². The van der Waals surface area contributed by atoms with Crippen molar-refractivity contribution in [1.82, 2.24) is 13.9 Å². The van der Waals surface area contributed by atoms with Crippen LogP contribution in [0.1, 0.15) is 42.0 Å². The summed E-state index contributed by atoms with van der Waals surface area (Å²) in [4.78, 5) is 56.3. The van der Waals surface area contributed by atoms with Crippen molar-refractivity contribution < 1.29 is 19.4 Å². The van der Waals surface area contributed by atoms with E-state index in [0.29, 0.717) is 34.4 Å². The number of allylic oxidation sites excluding steroid dienone is 4. The molecule has 1 saturated carbocycles. The first-order valence-corrected chi connectivity index (χ1v) is 14.7. The van der Waals surface area contributed by atoms with Crippen molar-refractivity contribution in [2.75, 3.05) is 6.61 Å². The number of hydrogen-bond donors (Lipinski definition) is 1. The third-order valence-electron chi connectivity index (χ3n) is 9.47. The number of carbonyl (C=O) groups is 2. The summed E-state index contributed by atoms with van der Waals surface area (Å²) < 4.78 is 9.61. The molecule has 9 heteroatoms. The van der Waals surface area contributed by atoms with Gasteiger partial charge >= 0.3 is 11.4 Å². The number of fused-ring (bicyclic) bond motifs is 4. The lowest BCUT2D eigenvalue weighted by Crippen LogP contribution is -2.58. The summed E-state index contributed by atoms with van der Waals surface area (Å²) in [6, 6.07) is 22.8. The molecule has 4 unspecified atom stereocenters. The Bertz CT molecular complexity index is 2000. The number of ether oxygens (including phenoxy) is 1. The average molecular weight is 590 g/mol. The van der Waals surface area contributed by atoms with Crippen molar-refractivity contribution in [3.63, 3.8) is 0 Å². The summed E-state index contributed by atoms with van der Waals surface area (Å²) in [6.07, 6.45) is 3.44. The Morgan fingerprint density at radius 2 is 1.61 bits per heavy atom. The van der Waals surface area contributed by atoms with Gasteiger partial charge in [0.05, 0.1) is 24.6 Å². The molecule has 1 aliphatic heterocycles. The molecular formula is C35H31N3O6. The van der Waals surface area contributed by atoms with Crippen LogP contribution in [-0.4, -0.2) is 37.2 Å². The quantitative estimate of drug-likeness (QED) is 0.354. The molecule has 1 fully saturated rings. The van der Waals surface area contributed by atoms with E-state index < -0.39 is 34.7 Å². The first-order chi connectivity index (χ1) is 21.3. The van der Waals surface area contributed by atoms with Crippen molar-refractivity contribution in [2.24, 2.45) is 13.0 Å². The van der Waals surface area contributed by atoms with Gasteiger partial charge in [0.25, 0.3) is 0 Å². The largest absolute Gasteiger partial charge is 0.504 e. The second-order valence-corrected chi connectivity index (χ2v) is 11.5. The molecular weight excluding hydrogens is 558 g/mol. The number of hydrogen-bond acceptors (Lipinski definition) is 6. The zero-order valence-corrected chi connectivity index (χ0v) is 24.3. The van der Waals surface area contributed by atoms with Gasteiger partial charge in [0.15, 0.2) is 23.1 Å². The van der Waals surface area contributed by atoms with Gasteiger partial charge in [-0.25, -0.2) is 23.5 Å². The van der Waals surface area contributed by atoms with Gasteiger partial charge in [-0.1, -0.05) is 78.9 Å². The molecule has 44 heavy (non-hydrogen) atoms. The lowest BCUT2D eigenvalue weighted by Gasteiger charge is -2.54. The number of para-hydroxylation sites is 1. The molecule has 2 aliphatic carbocycles. The number of phenolic OH excluding ortho intramolecular Hbond substituents is 1. The van der Waals surface area contributed by atoms with E-state index >= 15 is 0 Å². The van der Waals surface area contributed by atoms with Gasteiger partial charge in [-0.15, -0.1) is 0 Å². The molecule has 0 amide bonds. The van der Waals surface area contributed by atoms with Gasteiger partial charge < -0.3 is 9.84 Å². The summed E-state index contributed by atoms with van der Waals surface area (Å²) in [5.41, 5.74) is 0.278. The van der Waals surface area contributed by atoms with Gasteiger partial charge in [0.1, 0.15) is 0 Å². The molecule has 4 aromatic rings. The van der Waals surface area contributed by atoms with Crippen LogP contribution in [0.3, 0.4) is 0 Å². The highest BCUT2D eigenvalue weighted by Crippen LogP contribution is 2.62. The van der Waals surface area contributed by atoms with Crippen LogP contribution >= 0.6 is 0 Å². The predicted octanol–water partition coefficient (Wildman–Crippen LogP) is 3.91. The Morgan fingerprint density at radius 1 is 0.909 bits per heavy atom. The molecule has 0 bridgehead atoms. The van der Waals surface area contributed by atoms with Gasteiger partial charge in [0, 0.05) is 30.0 Å². The van der Waals surface area contributed by atoms with Crippen LogP contribution in [0.2, 0.25) is 0 Å². The Labute approximate surface area is 252 Å². The number of rotatable bonds is 5. The fraction of sp³-hybridized carbons (Fsp3) is 0.257. The first-order valence-electron chi connectivity index (χ1n) is 14.7. The fourth-order valence-electron chi connectivity index (χ4n) is 7.63. The molecule has 0 radical (unpaired) electrons. The molecule has 3 aliphatic rings. The molecule has 222 valence electrons. The standard InChI is InChI=1S/C35H31N3O6/c1-3-44-28-16-10-15-24(32(28)41)30-23-17-18-37-33(42)36(2)34(43)38(37)27(23)20-26-31(40)25(21-11-6-4-7-12-21)19-29(39)35(26,30)22-13-8-5-9-14-22/h4-17,19,26-27,30,41H,3,18,20H2,1-2H3. The Balaban J connectivity index is 1.58. The minimum Gasteiger partial charge on any atom is -0.504 e. The van der Waals surface area contributed by atoms with E-state index in [0.717, 1.165) is 4.57 Å². The zero-order chi connectivity index (χ0) is 30.7. The second-order valence-electron chi connectivity index (χ2n) is 11.5. The molecule has 7 rings (SSSR count). The molecule has 9 nitrogen and oxygen atoms in total. The zero-order valence-electron chi connectivity index (χ0n) is 24.3. The van der Waals surface area contributed by atoms with Crippen LogP contribution < -0.4 is 16.1 Å². The number of phenols is 1. The maximum atomic E-state index is 14.9. The average Bonchev–Trinajstić information content (AvgIpc) is 3.27. The Kier molecular flexibility index (Phi) is 6.42. The summed E-state index contributed by atoms with van der Waals surface area (Å²) >= 11 is 0. The van der Waals surface area contributed by atoms with Gasteiger partial charge in [0.2, 0.25) is 0 Å². The van der Waals surface area contributed by atoms with Crippen molar-refractivity contribution in [3.8, 4) is 11.5 Å². The highest BCUT2D eigenvalue weighted by Gasteiger charge is 2.63. The van der Waals surface area contributed by atoms with Crippen LogP contribution in [0.25, 0.3) is 5.57 Å². The van der Waals surface area contributed by atoms with Crippen molar-refractivity contribution in [2.45, 2.75) is 37.3 Å².